The van der Waals surface area contributed by atoms with Crippen LogP contribution < -0.4 is 10.6 Å². The van der Waals surface area contributed by atoms with Crippen molar-refractivity contribution in [2.24, 2.45) is 11.8 Å². The van der Waals surface area contributed by atoms with Gasteiger partial charge in [-0.25, -0.2) is 9.37 Å². The second-order valence-corrected chi connectivity index (χ2v) is 9.27. The van der Waals surface area contributed by atoms with Gasteiger partial charge in [0.05, 0.1) is 0 Å². The van der Waals surface area contributed by atoms with Gasteiger partial charge < -0.3 is 15.5 Å². The van der Waals surface area contributed by atoms with Crippen LogP contribution in [0.3, 0.4) is 0 Å². The van der Waals surface area contributed by atoms with Crippen LogP contribution in [0.15, 0.2) is 66.9 Å². The van der Waals surface area contributed by atoms with E-state index in [1.807, 2.05) is 42.5 Å². The van der Waals surface area contributed by atoms with E-state index in [1.54, 1.807) is 12.3 Å². The van der Waals surface area contributed by atoms with Crippen molar-refractivity contribution in [2.75, 3.05) is 25.5 Å². The molecule has 2 atom stereocenters. The third kappa shape index (κ3) is 5.22. The second kappa shape index (κ2) is 9.32. The number of aromatic nitrogens is 1. The van der Waals surface area contributed by atoms with Crippen molar-refractivity contribution in [3.63, 3.8) is 0 Å². The number of rotatable bonds is 6. The number of pyridine rings is 1. The first kappa shape index (κ1) is 21.6. The molecule has 2 unspecified atom stereocenters. The van der Waals surface area contributed by atoms with E-state index in [0.717, 1.165) is 42.2 Å². The number of hydrogen-bond donors (Lipinski definition) is 2. The lowest BCUT2D eigenvalue weighted by atomic mass is 9.92. The van der Waals surface area contributed by atoms with E-state index in [1.165, 1.54) is 25.0 Å². The molecule has 1 aliphatic carbocycles. The number of amides is 1. The number of hydrogen-bond acceptors (Lipinski definition) is 4. The molecule has 1 aromatic heterocycles. The van der Waals surface area contributed by atoms with Crippen LogP contribution in [-0.4, -0.2) is 42.0 Å². The van der Waals surface area contributed by atoms with Crippen LogP contribution in [-0.2, 0) is 0 Å². The van der Waals surface area contributed by atoms with E-state index < -0.39 is 0 Å². The Bertz CT molecular complexity index is 1120. The molecule has 3 aromatic rings. The normalized spacial score (nSPS) is 20.9. The van der Waals surface area contributed by atoms with E-state index in [4.69, 9.17) is 0 Å². The van der Waals surface area contributed by atoms with Gasteiger partial charge in [0.2, 0.25) is 0 Å². The van der Waals surface area contributed by atoms with Crippen molar-refractivity contribution < 1.29 is 9.18 Å². The number of nitrogens with one attached hydrogen (secondary N) is 2. The predicted molar refractivity (Wildman–Crippen MR) is 129 cm³/mol. The minimum atomic E-state index is -0.270. The minimum Gasteiger partial charge on any atom is -0.349 e. The summed E-state index contributed by atoms with van der Waals surface area (Å²) in [5.41, 5.74) is 3.07. The first-order valence-electron chi connectivity index (χ1n) is 11.6. The van der Waals surface area contributed by atoms with Gasteiger partial charge in [0, 0.05) is 29.1 Å². The monoisotopic (exact) mass is 444 g/mol. The molecule has 5 rings (SSSR count). The van der Waals surface area contributed by atoms with Gasteiger partial charge in [-0.15, -0.1) is 0 Å². The van der Waals surface area contributed by atoms with Gasteiger partial charge in [-0.2, -0.15) is 0 Å². The molecule has 1 amide bonds. The highest BCUT2D eigenvalue weighted by Crippen LogP contribution is 2.42. The molecule has 170 valence electrons. The van der Waals surface area contributed by atoms with E-state index in [0.29, 0.717) is 23.3 Å². The summed E-state index contributed by atoms with van der Waals surface area (Å²) in [6.45, 7) is 2.32. The zero-order chi connectivity index (χ0) is 22.8. The summed E-state index contributed by atoms with van der Waals surface area (Å²) in [4.78, 5) is 19.6. The quantitative estimate of drug-likeness (QED) is 0.556. The van der Waals surface area contributed by atoms with Crippen molar-refractivity contribution in [1.29, 1.82) is 0 Å². The summed E-state index contributed by atoms with van der Waals surface area (Å²) >= 11 is 0. The maximum atomic E-state index is 13.5. The van der Waals surface area contributed by atoms with Crippen LogP contribution in [0.4, 0.5) is 15.9 Å². The van der Waals surface area contributed by atoms with Crippen molar-refractivity contribution in [3.8, 4) is 11.1 Å². The van der Waals surface area contributed by atoms with Gasteiger partial charge in [-0.05, 0) is 99.3 Å². The van der Waals surface area contributed by atoms with Crippen molar-refractivity contribution in [3.05, 3.63) is 78.2 Å². The van der Waals surface area contributed by atoms with Gasteiger partial charge in [-0.1, -0.05) is 18.2 Å². The Kier molecular flexibility index (Phi) is 6.09. The first-order chi connectivity index (χ1) is 16.0. The van der Waals surface area contributed by atoms with Crippen LogP contribution in [0.2, 0.25) is 0 Å². The highest BCUT2D eigenvalue weighted by Gasteiger charge is 2.44. The molecule has 2 N–H and O–H groups in total. The molecule has 6 heteroatoms. The molecular weight excluding hydrogens is 415 g/mol. The molecule has 5 nitrogen and oxygen atoms in total. The fourth-order valence-electron chi connectivity index (χ4n) is 4.80. The smallest absolute Gasteiger partial charge is 0.251 e. The Balaban J connectivity index is 1.18. The molecular formula is C27H29FN4O. The van der Waals surface area contributed by atoms with Crippen molar-refractivity contribution in [1.82, 2.24) is 15.2 Å². The molecule has 0 bridgehead atoms. The first-order valence-corrected chi connectivity index (χ1v) is 11.6. The van der Waals surface area contributed by atoms with Gasteiger partial charge in [0.25, 0.3) is 5.91 Å². The molecule has 0 spiro atoms. The SMILES string of the molecule is CN1CCC(C2CC2NC(=O)c2cccc(Nc3ccc(-c4cccc(F)c4)cn3)c2)CC1. The Morgan fingerprint density at radius 1 is 1.03 bits per heavy atom. The minimum absolute atomic E-state index is 0.0199. The van der Waals surface area contributed by atoms with Gasteiger partial charge in [-0.3, -0.25) is 4.79 Å². The molecule has 1 aliphatic heterocycles. The average molecular weight is 445 g/mol. The van der Waals surface area contributed by atoms with Gasteiger partial charge in [0.1, 0.15) is 11.6 Å². The van der Waals surface area contributed by atoms with Crippen LogP contribution in [0.1, 0.15) is 29.6 Å². The number of carbonyl (C=O) groups excluding carboxylic acids is 1. The Hall–Kier alpha value is -3.25. The maximum absolute atomic E-state index is 13.5. The van der Waals surface area contributed by atoms with E-state index in [2.05, 4.69) is 27.6 Å². The predicted octanol–water partition coefficient (Wildman–Crippen LogP) is 5.09. The number of benzene rings is 2. The third-order valence-electron chi connectivity index (χ3n) is 6.84. The molecule has 2 heterocycles. The van der Waals surface area contributed by atoms with Gasteiger partial charge >= 0.3 is 0 Å². The zero-order valence-electron chi connectivity index (χ0n) is 18.8. The largest absolute Gasteiger partial charge is 0.349 e. The number of anilines is 2. The molecule has 1 saturated heterocycles. The number of likely N-dealkylation sites (tertiary alicyclic amines) is 1. The molecule has 0 radical (unpaired) electrons. The van der Waals surface area contributed by atoms with E-state index in [-0.39, 0.29) is 11.7 Å². The number of carbonyl (C=O) groups is 1. The zero-order valence-corrected chi connectivity index (χ0v) is 18.8. The van der Waals surface area contributed by atoms with E-state index in [9.17, 15) is 9.18 Å². The summed E-state index contributed by atoms with van der Waals surface area (Å²) in [7, 11) is 2.18. The summed E-state index contributed by atoms with van der Waals surface area (Å²) in [5.74, 6) is 1.74. The fourth-order valence-corrected chi connectivity index (χ4v) is 4.80. The lowest BCUT2D eigenvalue weighted by molar-refractivity contribution is 0.0945. The maximum Gasteiger partial charge on any atom is 0.251 e. The lowest BCUT2D eigenvalue weighted by Crippen LogP contribution is -2.33. The summed E-state index contributed by atoms with van der Waals surface area (Å²) in [6, 6.07) is 18.0. The number of piperidine rings is 1. The highest BCUT2D eigenvalue weighted by molar-refractivity contribution is 5.95. The highest BCUT2D eigenvalue weighted by atomic mass is 19.1. The molecule has 2 fully saturated rings. The van der Waals surface area contributed by atoms with Crippen molar-refractivity contribution in [2.45, 2.75) is 25.3 Å². The topological polar surface area (TPSA) is 57.3 Å². The van der Waals surface area contributed by atoms with Crippen molar-refractivity contribution >= 4 is 17.4 Å². The summed E-state index contributed by atoms with van der Waals surface area (Å²) in [5, 5.41) is 6.48. The summed E-state index contributed by atoms with van der Waals surface area (Å²) in [6.07, 6.45) is 5.28. The van der Waals surface area contributed by atoms with E-state index >= 15 is 0 Å². The van der Waals surface area contributed by atoms with Gasteiger partial charge in [0.15, 0.2) is 0 Å². The standard InChI is InChI=1S/C27H29FN4O/c1-32-12-10-18(11-13-32)24-16-25(24)31-27(33)20-5-3-7-23(15-20)30-26-9-8-21(17-29-26)19-4-2-6-22(28)14-19/h2-9,14-15,17-18,24-25H,10-13,16H2,1H3,(H,29,30)(H,31,33). The molecule has 1 saturated carbocycles. The van der Waals surface area contributed by atoms with Crippen LogP contribution >= 0.6 is 0 Å². The van der Waals surface area contributed by atoms with Crippen LogP contribution in [0.25, 0.3) is 11.1 Å². The number of halogens is 1. The van der Waals surface area contributed by atoms with Crippen LogP contribution in [0.5, 0.6) is 0 Å². The fraction of sp³-hybridized carbons (Fsp3) is 0.333. The second-order valence-electron chi connectivity index (χ2n) is 9.27. The number of nitrogens with zero attached hydrogens (tertiary/aromatic N) is 2. The molecule has 2 aliphatic rings. The Morgan fingerprint density at radius 2 is 1.85 bits per heavy atom. The third-order valence-corrected chi connectivity index (χ3v) is 6.84. The Labute approximate surface area is 194 Å². The lowest BCUT2D eigenvalue weighted by Gasteiger charge is -2.29. The molecule has 2 aromatic carbocycles. The Morgan fingerprint density at radius 3 is 2.61 bits per heavy atom. The molecule has 33 heavy (non-hydrogen) atoms. The summed E-state index contributed by atoms with van der Waals surface area (Å²) < 4.78 is 13.5. The average Bonchev–Trinajstić information content (AvgIpc) is 3.59. The van der Waals surface area contributed by atoms with Crippen LogP contribution in [0, 0.1) is 17.7 Å².